The third-order valence-electron chi connectivity index (χ3n) is 3.53. The van der Waals surface area contributed by atoms with Gasteiger partial charge in [0.1, 0.15) is 5.75 Å². The molecule has 1 aliphatic heterocycles. The summed E-state index contributed by atoms with van der Waals surface area (Å²) in [5.41, 5.74) is 0.801. The van der Waals surface area contributed by atoms with Gasteiger partial charge in [-0.05, 0) is 30.7 Å². The highest BCUT2D eigenvalue weighted by atomic mass is 16.5. The van der Waals surface area contributed by atoms with Gasteiger partial charge >= 0.3 is 0 Å². The fourth-order valence-corrected chi connectivity index (χ4v) is 2.23. The van der Waals surface area contributed by atoms with Crippen molar-refractivity contribution in [1.82, 2.24) is 15.5 Å². The number of benzene rings is 1. The minimum atomic E-state index is -0.0760. The maximum Gasteiger partial charge on any atom is 0.257 e. The van der Waals surface area contributed by atoms with Crippen molar-refractivity contribution in [1.29, 1.82) is 0 Å². The Hall–Kier alpha value is -2.41. The number of nitrogens with one attached hydrogen (secondary N) is 1. The van der Waals surface area contributed by atoms with Crippen LogP contribution in [0.4, 0.5) is 0 Å². The first-order valence-electron chi connectivity index (χ1n) is 7.09. The number of hydrogen-bond acceptors (Lipinski definition) is 6. The van der Waals surface area contributed by atoms with E-state index in [-0.39, 0.29) is 18.4 Å². The molecule has 1 amide bonds. The third-order valence-corrected chi connectivity index (χ3v) is 3.53. The fraction of sp³-hybridized carbons (Fsp3) is 0.400. The fourth-order valence-electron chi connectivity index (χ4n) is 2.23. The van der Waals surface area contributed by atoms with E-state index in [0.29, 0.717) is 24.9 Å². The van der Waals surface area contributed by atoms with E-state index in [1.165, 1.54) is 0 Å². The van der Waals surface area contributed by atoms with Crippen LogP contribution in [0.1, 0.15) is 12.2 Å². The van der Waals surface area contributed by atoms with E-state index >= 15 is 0 Å². The van der Waals surface area contributed by atoms with Gasteiger partial charge in [0.05, 0.1) is 26.2 Å². The zero-order valence-electron chi connectivity index (χ0n) is 12.2. The quantitative estimate of drug-likeness (QED) is 0.898. The topological polar surface area (TPSA) is 86.5 Å². The molecule has 1 aromatic heterocycles. The number of amides is 1. The number of rotatable bonds is 5. The summed E-state index contributed by atoms with van der Waals surface area (Å²) in [6, 6.07) is 7.32. The number of hydrogen-bond donors (Lipinski definition) is 1. The molecule has 7 heteroatoms. The van der Waals surface area contributed by atoms with Crippen LogP contribution >= 0.6 is 0 Å². The van der Waals surface area contributed by atoms with E-state index in [1.54, 1.807) is 7.11 Å². The van der Waals surface area contributed by atoms with Crippen molar-refractivity contribution >= 4 is 5.91 Å². The molecule has 22 heavy (non-hydrogen) atoms. The molecular weight excluding hydrogens is 286 g/mol. The van der Waals surface area contributed by atoms with Crippen LogP contribution in [0.25, 0.3) is 11.5 Å². The van der Waals surface area contributed by atoms with E-state index in [2.05, 4.69) is 15.5 Å². The van der Waals surface area contributed by atoms with Crippen molar-refractivity contribution in [3.8, 4) is 17.2 Å². The molecule has 2 heterocycles. The van der Waals surface area contributed by atoms with E-state index in [0.717, 1.165) is 17.7 Å². The summed E-state index contributed by atoms with van der Waals surface area (Å²) in [5, 5.41) is 6.67. The van der Waals surface area contributed by atoms with Crippen molar-refractivity contribution in [3.63, 3.8) is 0 Å². The number of carbonyl (C=O) groups is 1. The molecule has 0 radical (unpaired) electrons. The number of aromatic nitrogens is 2. The summed E-state index contributed by atoms with van der Waals surface area (Å²) in [5.74, 6) is 1.50. The van der Waals surface area contributed by atoms with Gasteiger partial charge in [-0.25, -0.2) is 0 Å². The Morgan fingerprint density at radius 2 is 2.23 bits per heavy atom. The molecule has 1 fully saturated rings. The highest BCUT2D eigenvalue weighted by molar-refractivity contribution is 5.78. The van der Waals surface area contributed by atoms with Crippen LogP contribution in [0.2, 0.25) is 0 Å². The molecule has 1 aromatic carbocycles. The van der Waals surface area contributed by atoms with Crippen molar-refractivity contribution < 1.29 is 18.8 Å². The van der Waals surface area contributed by atoms with E-state index < -0.39 is 0 Å². The highest BCUT2D eigenvalue weighted by Crippen LogP contribution is 2.20. The maximum absolute atomic E-state index is 11.9. The number of carbonyl (C=O) groups excluding carboxylic acids is 1. The number of nitrogens with zero attached hydrogens (tertiary/aromatic N) is 2. The van der Waals surface area contributed by atoms with Crippen molar-refractivity contribution in [3.05, 3.63) is 30.1 Å². The van der Waals surface area contributed by atoms with Crippen LogP contribution in [0.15, 0.2) is 28.8 Å². The van der Waals surface area contributed by atoms with Gasteiger partial charge in [-0.3, -0.25) is 4.79 Å². The Kier molecular flexibility index (Phi) is 4.34. The second kappa shape index (κ2) is 6.57. The molecule has 0 bridgehead atoms. The van der Waals surface area contributed by atoms with Gasteiger partial charge < -0.3 is 19.3 Å². The molecule has 3 rings (SSSR count). The lowest BCUT2D eigenvalue weighted by molar-refractivity contribution is -0.125. The summed E-state index contributed by atoms with van der Waals surface area (Å²) in [6.07, 6.45) is 0.759. The van der Waals surface area contributed by atoms with Gasteiger partial charge in [0.2, 0.25) is 5.91 Å². The molecule has 1 atom stereocenters. The zero-order valence-corrected chi connectivity index (χ0v) is 12.2. The predicted molar refractivity (Wildman–Crippen MR) is 77.1 cm³/mol. The molecule has 1 aliphatic rings. The van der Waals surface area contributed by atoms with Crippen LogP contribution in [0.5, 0.6) is 5.75 Å². The van der Waals surface area contributed by atoms with Crippen molar-refractivity contribution in [2.45, 2.75) is 13.0 Å². The molecule has 1 N–H and O–H groups in total. The Morgan fingerprint density at radius 3 is 2.91 bits per heavy atom. The standard InChI is InChI=1S/C15H17N3O4/c1-20-12-4-2-10(3-5-12)15-17-13(18-22-15)8-16-14(19)11-6-7-21-9-11/h2-5,11H,6-9H2,1H3,(H,16,19). The van der Waals surface area contributed by atoms with Gasteiger partial charge in [-0.1, -0.05) is 5.16 Å². The normalized spacial score (nSPS) is 17.4. The Morgan fingerprint density at radius 1 is 1.41 bits per heavy atom. The highest BCUT2D eigenvalue weighted by Gasteiger charge is 2.23. The third kappa shape index (κ3) is 3.25. The number of methoxy groups -OCH3 is 1. The Labute approximate surface area is 127 Å². The predicted octanol–water partition coefficient (Wildman–Crippen LogP) is 1.40. The lowest BCUT2D eigenvalue weighted by Crippen LogP contribution is -2.30. The molecule has 1 saturated heterocycles. The average Bonchev–Trinajstić information content (AvgIpc) is 3.24. The summed E-state index contributed by atoms with van der Waals surface area (Å²) in [4.78, 5) is 16.1. The smallest absolute Gasteiger partial charge is 0.257 e. The summed E-state index contributed by atoms with van der Waals surface area (Å²) in [7, 11) is 1.61. The second-order valence-corrected chi connectivity index (χ2v) is 5.02. The summed E-state index contributed by atoms with van der Waals surface area (Å²) >= 11 is 0. The lowest BCUT2D eigenvalue weighted by atomic mass is 10.1. The van der Waals surface area contributed by atoms with E-state index in [4.69, 9.17) is 14.0 Å². The molecule has 2 aromatic rings. The van der Waals surface area contributed by atoms with Gasteiger partial charge in [-0.2, -0.15) is 4.98 Å². The molecule has 7 nitrogen and oxygen atoms in total. The lowest BCUT2D eigenvalue weighted by Gasteiger charge is -2.06. The second-order valence-electron chi connectivity index (χ2n) is 5.02. The van der Waals surface area contributed by atoms with Crippen LogP contribution in [-0.4, -0.2) is 36.4 Å². The van der Waals surface area contributed by atoms with Crippen LogP contribution in [0, 0.1) is 5.92 Å². The number of ether oxygens (including phenoxy) is 2. The molecule has 1 unspecified atom stereocenters. The Bertz CT molecular complexity index is 632. The average molecular weight is 303 g/mol. The summed E-state index contributed by atoms with van der Waals surface area (Å²) in [6.45, 7) is 1.37. The van der Waals surface area contributed by atoms with Gasteiger partial charge in [0.15, 0.2) is 5.82 Å². The maximum atomic E-state index is 11.9. The molecule has 0 aliphatic carbocycles. The Balaban J connectivity index is 1.59. The zero-order chi connectivity index (χ0) is 15.4. The largest absolute Gasteiger partial charge is 0.497 e. The van der Waals surface area contributed by atoms with Crippen LogP contribution in [0.3, 0.4) is 0 Å². The monoisotopic (exact) mass is 303 g/mol. The molecule has 0 spiro atoms. The molecule has 116 valence electrons. The first-order valence-corrected chi connectivity index (χ1v) is 7.09. The van der Waals surface area contributed by atoms with Crippen LogP contribution < -0.4 is 10.1 Å². The van der Waals surface area contributed by atoms with Crippen molar-refractivity contribution in [2.75, 3.05) is 20.3 Å². The first kappa shape index (κ1) is 14.5. The van der Waals surface area contributed by atoms with Crippen molar-refractivity contribution in [2.24, 2.45) is 5.92 Å². The molecular formula is C15H17N3O4. The minimum absolute atomic E-state index is 0.0340. The minimum Gasteiger partial charge on any atom is -0.497 e. The van der Waals surface area contributed by atoms with Gasteiger partial charge in [0.25, 0.3) is 5.89 Å². The SMILES string of the molecule is COc1ccc(-c2nc(CNC(=O)C3CCOC3)no2)cc1. The van der Waals surface area contributed by atoms with E-state index in [1.807, 2.05) is 24.3 Å². The summed E-state index contributed by atoms with van der Waals surface area (Å²) < 4.78 is 15.5. The first-order chi connectivity index (χ1) is 10.8. The van der Waals surface area contributed by atoms with Gasteiger partial charge in [-0.15, -0.1) is 0 Å². The molecule has 0 saturated carbocycles. The van der Waals surface area contributed by atoms with E-state index in [9.17, 15) is 4.79 Å². The van der Waals surface area contributed by atoms with Crippen LogP contribution in [-0.2, 0) is 16.1 Å². The van der Waals surface area contributed by atoms with Gasteiger partial charge in [0, 0.05) is 12.2 Å².